The number of aromatic hydroxyl groups is 1. The molecule has 0 aliphatic carbocycles. The van der Waals surface area contributed by atoms with Gasteiger partial charge in [-0.3, -0.25) is 4.99 Å². The maximum absolute atomic E-state index is 10.7. The van der Waals surface area contributed by atoms with Crippen molar-refractivity contribution in [3.05, 3.63) is 28.8 Å². The van der Waals surface area contributed by atoms with E-state index in [1.807, 2.05) is 6.07 Å². The second kappa shape index (κ2) is 6.87. The molecule has 3 heteroatoms. The molecular weight excluding hydrogens is 298 g/mol. The minimum absolute atomic E-state index is 0.00808. The Labute approximate surface area is 147 Å². The number of aliphatic hydroxyl groups is 1. The molecule has 1 aromatic rings. The van der Waals surface area contributed by atoms with Crippen LogP contribution in [0.5, 0.6) is 5.75 Å². The Morgan fingerprint density at radius 2 is 1.50 bits per heavy atom. The summed E-state index contributed by atoms with van der Waals surface area (Å²) in [5.41, 5.74) is 2.51. The molecule has 0 bridgehead atoms. The summed E-state index contributed by atoms with van der Waals surface area (Å²) < 4.78 is 0. The second-order valence-corrected chi connectivity index (χ2v) is 9.80. The number of phenols is 1. The molecule has 1 rings (SSSR count). The van der Waals surface area contributed by atoms with E-state index in [4.69, 9.17) is 0 Å². The highest BCUT2D eigenvalue weighted by Crippen LogP contribution is 2.37. The van der Waals surface area contributed by atoms with Crippen molar-refractivity contribution < 1.29 is 10.2 Å². The number of aliphatic hydroxyl groups excluding tert-OH is 1. The fourth-order valence-corrected chi connectivity index (χ4v) is 2.47. The van der Waals surface area contributed by atoms with Crippen LogP contribution in [-0.2, 0) is 10.8 Å². The first-order valence-corrected chi connectivity index (χ1v) is 8.70. The monoisotopic (exact) mass is 333 g/mol. The Morgan fingerprint density at radius 3 is 1.88 bits per heavy atom. The fourth-order valence-electron chi connectivity index (χ4n) is 2.47. The standard InChI is InChI=1S/C21H35NO2/c1-19(2,3)15-10-14(12-22-17(13-23)21(7,8)9)18(24)16(11-15)20(4,5)6/h10-12,17,23-24H,13H2,1-9H3/t17-/m0/s1. The zero-order valence-electron chi connectivity index (χ0n) is 16.9. The summed E-state index contributed by atoms with van der Waals surface area (Å²) in [5, 5.41) is 20.3. The van der Waals surface area contributed by atoms with Gasteiger partial charge in [-0.15, -0.1) is 0 Å². The van der Waals surface area contributed by atoms with Gasteiger partial charge >= 0.3 is 0 Å². The van der Waals surface area contributed by atoms with Crippen molar-refractivity contribution in [2.45, 2.75) is 79.2 Å². The van der Waals surface area contributed by atoms with Crippen LogP contribution in [0.25, 0.3) is 0 Å². The molecule has 0 heterocycles. The first-order chi connectivity index (χ1) is 10.7. The smallest absolute Gasteiger partial charge is 0.128 e. The van der Waals surface area contributed by atoms with Gasteiger partial charge in [0.1, 0.15) is 5.75 Å². The Morgan fingerprint density at radius 1 is 0.958 bits per heavy atom. The molecule has 0 aliphatic heterocycles. The number of nitrogens with zero attached hydrogens (tertiary/aromatic N) is 1. The number of rotatable bonds is 3. The summed E-state index contributed by atoms with van der Waals surface area (Å²) in [4.78, 5) is 4.56. The highest BCUT2D eigenvalue weighted by molar-refractivity contribution is 5.85. The third-order valence-electron chi connectivity index (χ3n) is 4.38. The molecule has 0 saturated heterocycles. The molecule has 0 radical (unpaired) electrons. The lowest BCUT2D eigenvalue weighted by Crippen LogP contribution is -2.28. The van der Waals surface area contributed by atoms with E-state index in [-0.39, 0.29) is 34.6 Å². The van der Waals surface area contributed by atoms with Gasteiger partial charge in [0, 0.05) is 17.3 Å². The maximum Gasteiger partial charge on any atom is 0.128 e. The zero-order chi connectivity index (χ0) is 18.9. The molecule has 0 fully saturated rings. The van der Waals surface area contributed by atoms with E-state index >= 15 is 0 Å². The highest BCUT2D eigenvalue weighted by atomic mass is 16.3. The van der Waals surface area contributed by atoms with E-state index < -0.39 is 0 Å². The predicted molar refractivity (Wildman–Crippen MR) is 103 cm³/mol. The molecule has 0 unspecified atom stereocenters. The molecule has 136 valence electrons. The Bertz CT molecular complexity index is 596. The molecule has 0 aliphatic rings. The average Bonchev–Trinajstić information content (AvgIpc) is 2.36. The number of aliphatic imine (C=N–C) groups is 1. The van der Waals surface area contributed by atoms with E-state index in [0.29, 0.717) is 0 Å². The van der Waals surface area contributed by atoms with Gasteiger partial charge in [-0.2, -0.15) is 0 Å². The van der Waals surface area contributed by atoms with Crippen LogP contribution in [0.1, 0.15) is 79.0 Å². The number of hydrogen-bond acceptors (Lipinski definition) is 3. The van der Waals surface area contributed by atoms with Crippen LogP contribution in [0.4, 0.5) is 0 Å². The van der Waals surface area contributed by atoms with Crippen molar-refractivity contribution in [2.24, 2.45) is 10.4 Å². The van der Waals surface area contributed by atoms with Crippen molar-refractivity contribution in [1.29, 1.82) is 0 Å². The van der Waals surface area contributed by atoms with Gasteiger partial charge in [-0.1, -0.05) is 68.4 Å². The molecule has 0 spiro atoms. The van der Waals surface area contributed by atoms with E-state index in [9.17, 15) is 10.2 Å². The maximum atomic E-state index is 10.7. The van der Waals surface area contributed by atoms with E-state index in [1.54, 1.807) is 6.21 Å². The van der Waals surface area contributed by atoms with Gasteiger partial charge in [0.2, 0.25) is 0 Å². The molecule has 0 aromatic heterocycles. The lowest BCUT2D eigenvalue weighted by Gasteiger charge is -2.27. The first-order valence-electron chi connectivity index (χ1n) is 8.70. The SMILES string of the molecule is CC(C)(C)c1cc(C=N[C@@H](CO)C(C)(C)C)c(O)c(C(C)(C)C)c1. The molecule has 1 aromatic carbocycles. The molecule has 3 nitrogen and oxygen atoms in total. The Kier molecular flexibility index (Phi) is 5.93. The molecule has 2 N–H and O–H groups in total. The molecule has 0 amide bonds. The van der Waals surface area contributed by atoms with Gasteiger partial charge in [0.15, 0.2) is 0 Å². The van der Waals surface area contributed by atoms with Crippen molar-refractivity contribution >= 4 is 6.21 Å². The summed E-state index contributed by atoms with van der Waals surface area (Å²) in [6, 6.07) is 3.90. The van der Waals surface area contributed by atoms with Crippen LogP contribution >= 0.6 is 0 Å². The van der Waals surface area contributed by atoms with Crippen LogP contribution in [0.3, 0.4) is 0 Å². The van der Waals surface area contributed by atoms with E-state index in [0.717, 1.165) is 11.1 Å². The topological polar surface area (TPSA) is 52.8 Å². The van der Waals surface area contributed by atoms with Crippen LogP contribution in [0, 0.1) is 5.41 Å². The van der Waals surface area contributed by atoms with Crippen LogP contribution < -0.4 is 0 Å². The first kappa shape index (κ1) is 20.7. The summed E-state index contributed by atoms with van der Waals surface area (Å²) >= 11 is 0. The van der Waals surface area contributed by atoms with E-state index in [2.05, 4.69) is 73.4 Å². The minimum Gasteiger partial charge on any atom is -0.507 e. The van der Waals surface area contributed by atoms with Crippen molar-refractivity contribution in [3.8, 4) is 5.75 Å². The zero-order valence-corrected chi connectivity index (χ0v) is 16.9. The number of benzene rings is 1. The summed E-state index contributed by atoms with van der Waals surface area (Å²) in [7, 11) is 0. The molecule has 0 saturated carbocycles. The predicted octanol–water partition coefficient (Wildman–Crippen LogP) is 4.81. The van der Waals surface area contributed by atoms with Crippen LogP contribution in [-0.4, -0.2) is 29.1 Å². The third-order valence-corrected chi connectivity index (χ3v) is 4.38. The fraction of sp³-hybridized carbons (Fsp3) is 0.667. The van der Waals surface area contributed by atoms with Gasteiger partial charge in [0.25, 0.3) is 0 Å². The lowest BCUT2D eigenvalue weighted by molar-refractivity contribution is 0.191. The Balaban J connectivity index is 3.47. The quantitative estimate of drug-likeness (QED) is 0.780. The number of hydrogen-bond donors (Lipinski definition) is 2. The number of phenolic OH excluding ortho intramolecular Hbond substituents is 1. The van der Waals surface area contributed by atoms with Gasteiger partial charge < -0.3 is 10.2 Å². The normalized spacial score (nSPS) is 15.1. The highest BCUT2D eigenvalue weighted by Gasteiger charge is 2.26. The minimum atomic E-state index is -0.201. The van der Waals surface area contributed by atoms with Crippen molar-refractivity contribution in [3.63, 3.8) is 0 Å². The molecular formula is C21H35NO2. The largest absolute Gasteiger partial charge is 0.507 e. The summed E-state index contributed by atoms with van der Waals surface area (Å²) in [5.74, 6) is 0.282. The lowest BCUT2D eigenvalue weighted by atomic mass is 9.79. The second-order valence-electron chi connectivity index (χ2n) is 9.80. The van der Waals surface area contributed by atoms with Crippen molar-refractivity contribution in [2.75, 3.05) is 6.61 Å². The third kappa shape index (κ3) is 5.07. The van der Waals surface area contributed by atoms with Gasteiger partial charge in [0.05, 0.1) is 12.6 Å². The van der Waals surface area contributed by atoms with Gasteiger partial charge in [-0.25, -0.2) is 0 Å². The summed E-state index contributed by atoms with van der Waals surface area (Å²) in [6.07, 6.45) is 1.71. The Hall–Kier alpha value is -1.35. The van der Waals surface area contributed by atoms with Gasteiger partial charge in [-0.05, 0) is 27.9 Å². The average molecular weight is 334 g/mol. The summed E-state index contributed by atoms with van der Waals surface area (Å²) in [6.45, 7) is 18.9. The van der Waals surface area contributed by atoms with Crippen LogP contribution in [0.15, 0.2) is 17.1 Å². The molecule has 24 heavy (non-hydrogen) atoms. The van der Waals surface area contributed by atoms with Crippen molar-refractivity contribution in [1.82, 2.24) is 0 Å². The molecule has 1 atom stereocenters. The van der Waals surface area contributed by atoms with E-state index in [1.165, 1.54) is 5.56 Å². The van der Waals surface area contributed by atoms with Crippen LogP contribution in [0.2, 0.25) is 0 Å².